The van der Waals surface area contributed by atoms with Crippen LogP contribution in [0.1, 0.15) is 50.4 Å². The molecule has 1 atom stereocenters. The van der Waals surface area contributed by atoms with E-state index in [0.29, 0.717) is 30.6 Å². The summed E-state index contributed by atoms with van der Waals surface area (Å²) in [5, 5.41) is 14.8. The van der Waals surface area contributed by atoms with Gasteiger partial charge in [-0.1, -0.05) is 6.92 Å². The first-order valence-corrected chi connectivity index (χ1v) is 8.93. The number of likely N-dealkylation sites (tertiary alicyclic amines) is 1. The Bertz CT molecular complexity index is 670. The highest BCUT2D eigenvalue weighted by atomic mass is 16.4. The average molecular weight is 361 g/mol. The molecule has 1 aliphatic rings. The lowest BCUT2D eigenvalue weighted by Gasteiger charge is -2.30. The fraction of sp³-hybridized carbons (Fsp3) is 0.526. The summed E-state index contributed by atoms with van der Waals surface area (Å²) in [6.45, 7) is 6.69. The van der Waals surface area contributed by atoms with E-state index in [9.17, 15) is 14.4 Å². The number of anilines is 1. The van der Waals surface area contributed by atoms with Crippen LogP contribution in [-0.2, 0) is 4.79 Å². The number of carbonyl (C=O) groups excluding carboxylic acids is 2. The van der Waals surface area contributed by atoms with Crippen molar-refractivity contribution in [2.24, 2.45) is 5.92 Å². The number of benzene rings is 1. The monoisotopic (exact) mass is 361 g/mol. The molecule has 1 unspecified atom stereocenters. The summed E-state index contributed by atoms with van der Waals surface area (Å²) in [4.78, 5) is 37.2. The Balaban J connectivity index is 1.95. The third-order valence-electron chi connectivity index (χ3n) is 4.79. The summed E-state index contributed by atoms with van der Waals surface area (Å²) in [5.74, 6) is -1.54. The Morgan fingerprint density at radius 1 is 1.23 bits per heavy atom. The Morgan fingerprint density at radius 2 is 1.88 bits per heavy atom. The highest BCUT2D eigenvalue weighted by Gasteiger charge is 2.28. The van der Waals surface area contributed by atoms with Crippen molar-refractivity contribution in [1.82, 2.24) is 10.2 Å². The predicted molar refractivity (Wildman–Crippen MR) is 99.2 cm³/mol. The number of rotatable bonds is 5. The minimum Gasteiger partial charge on any atom is -0.481 e. The number of nitrogens with one attached hydrogen (secondary N) is 2. The first-order valence-electron chi connectivity index (χ1n) is 8.93. The van der Waals surface area contributed by atoms with E-state index in [4.69, 9.17) is 5.11 Å². The van der Waals surface area contributed by atoms with Crippen LogP contribution in [-0.4, -0.2) is 46.5 Å². The van der Waals surface area contributed by atoms with E-state index >= 15 is 0 Å². The van der Waals surface area contributed by atoms with Crippen molar-refractivity contribution in [3.8, 4) is 0 Å². The van der Waals surface area contributed by atoms with Gasteiger partial charge in [0.25, 0.3) is 5.91 Å². The van der Waals surface area contributed by atoms with Gasteiger partial charge in [0.05, 0.1) is 5.92 Å². The fourth-order valence-corrected chi connectivity index (χ4v) is 2.74. The summed E-state index contributed by atoms with van der Waals surface area (Å²) < 4.78 is 0. The normalized spacial score (nSPS) is 17.5. The van der Waals surface area contributed by atoms with Gasteiger partial charge in [-0.15, -0.1) is 0 Å². The molecule has 3 N–H and O–H groups in total. The second kappa shape index (κ2) is 8.21. The third-order valence-corrected chi connectivity index (χ3v) is 4.79. The van der Waals surface area contributed by atoms with Crippen molar-refractivity contribution in [3.05, 3.63) is 29.8 Å². The molecule has 1 heterocycles. The number of amides is 3. The second-order valence-corrected chi connectivity index (χ2v) is 7.32. The molecule has 0 aromatic heterocycles. The minimum atomic E-state index is -0.868. The van der Waals surface area contributed by atoms with Crippen LogP contribution in [0.3, 0.4) is 0 Å². The van der Waals surface area contributed by atoms with Crippen molar-refractivity contribution in [2.75, 3.05) is 18.4 Å². The van der Waals surface area contributed by atoms with Crippen LogP contribution in [0.25, 0.3) is 0 Å². The highest BCUT2D eigenvalue weighted by molar-refractivity contribution is 5.96. The number of hydrogen-bond donors (Lipinski definition) is 3. The lowest BCUT2D eigenvalue weighted by molar-refractivity contribution is -0.143. The molecule has 1 fully saturated rings. The van der Waals surface area contributed by atoms with Gasteiger partial charge in [0, 0.05) is 29.9 Å². The first kappa shape index (κ1) is 19.8. The van der Waals surface area contributed by atoms with Crippen molar-refractivity contribution in [3.63, 3.8) is 0 Å². The molecule has 142 valence electrons. The zero-order valence-electron chi connectivity index (χ0n) is 15.5. The molecule has 26 heavy (non-hydrogen) atoms. The lowest BCUT2D eigenvalue weighted by Crippen LogP contribution is -2.44. The molecule has 3 amide bonds. The van der Waals surface area contributed by atoms with Gasteiger partial charge in [-0.25, -0.2) is 4.79 Å². The molecule has 1 saturated heterocycles. The van der Waals surface area contributed by atoms with Gasteiger partial charge in [0.15, 0.2) is 0 Å². The topological polar surface area (TPSA) is 98.7 Å². The Morgan fingerprint density at radius 3 is 2.46 bits per heavy atom. The van der Waals surface area contributed by atoms with Crippen molar-refractivity contribution in [2.45, 2.75) is 45.6 Å². The number of carbonyl (C=O) groups is 3. The van der Waals surface area contributed by atoms with E-state index in [0.717, 1.165) is 6.42 Å². The smallest absolute Gasteiger partial charge is 0.321 e. The Hall–Kier alpha value is -2.57. The number of nitrogens with zero attached hydrogens (tertiary/aromatic N) is 1. The van der Waals surface area contributed by atoms with Crippen LogP contribution in [0, 0.1) is 5.92 Å². The van der Waals surface area contributed by atoms with Crippen LogP contribution < -0.4 is 10.6 Å². The third kappa shape index (κ3) is 5.21. The van der Waals surface area contributed by atoms with Crippen LogP contribution in [0.2, 0.25) is 0 Å². The summed E-state index contributed by atoms with van der Waals surface area (Å²) >= 11 is 0. The Kier molecular flexibility index (Phi) is 6.23. The highest BCUT2D eigenvalue weighted by Crippen LogP contribution is 2.18. The van der Waals surface area contributed by atoms with Crippen molar-refractivity contribution in [1.29, 1.82) is 0 Å². The molecule has 0 spiro atoms. The molecule has 1 aromatic carbocycles. The van der Waals surface area contributed by atoms with Crippen LogP contribution in [0.5, 0.6) is 0 Å². The van der Waals surface area contributed by atoms with E-state index in [1.54, 1.807) is 24.3 Å². The first-order chi connectivity index (χ1) is 12.2. The zero-order valence-corrected chi connectivity index (χ0v) is 15.5. The van der Waals surface area contributed by atoms with E-state index in [1.165, 1.54) is 4.90 Å². The molecule has 7 nitrogen and oxygen atoms in total. The summed E-state index contributed by atoms with van der Waals surface area (Å²) in [6.07, 6.45) is 2.09. The van der Waals surface area contributed by atoms with Crippen molar-refractivity contribution >= 4 is 23.6 Å². The van der Waals surface area contributed by atoms with E-state index in [1.807, 2.05) is 20.8 Å². The molecule has 1 aliphatic heterocycles. The molecular weight excluding hydrogens is 334 g/mol. The largest absolute Gasteiger partial charge is 0.481 e. The SMILES string of the molecule is CCC(C)(C)NC(=O)c1ccc(NC(=O)N2CCCC(C(=O)O)C2)cc1. The van der Waals surface area contributed by atoms with Gasteiger partial charge in [-0.05, 0) is 57.4 Å². The minimum absolute atomic E-state index is 0.157. The predicted octanol–water partition coefficient (Wildman–Crippen LogP) is 2.93. The van der Waals surface area contributed by atoms with Gasteiger partial charge in [-0.3, -0.25) is 9.59 Å². The van der Waals surface area contributed by atoms with E-state index in [-0.39, 0.29) is 24.0 Å². The molecule has 0 saturated carbocycles. The fourth-order valence-electron chi connectivity index (χ4n) is 2.74. The molecule has 0 radical (unpaired) electrons. The Labute approximate surface area is 153 Å². The maximum atomic E-state index is 12.3. The summed E-state index contributed by atoms with van der Waals surface area (Å²) in [5.41, 5.74) is 0.811. The van der Waals surface area contributed by atoms with Crippen molar-refractivity contribution < 1.29 is 19.5 Å². The van der Waals surface area contributed by atoms with Gasteiger partial charge in [-0.2, -0.15) is 0 Å². The van der Waals surface area contributed by atoms with E-state index < -0.39 is 11.9 Å². The quantitative estimate of drug-likeness (QED) is 0.751. The standard InChI is InChI=1S/C19H27N3O4/c1-4-19(2,3)21-16(23)13-7-9-15(10-8-13)20-18(26)22-11-5-6-14(12-22)17(24)25/h7-10,14H,4-6,11-12H2,1-3H3,(H,20,26)(H,21,23)(H,24,25). The van der Waals surface area contributed by atoms with Crippen LogP contribution in [0.4, 0.5) is 10.5 Å². The lowest BCUT2D eigenvalue weighted by atomic mass is 9.99. The number of carboxylic acids is 1. The van der Waals surface area contributed by atoms with Crippen LogP contribution >= 0.6 is 0 Å². The summed E-state index contributed by atoms with van der Waals surface area (Å²) in [7, 11) is 0. The number of piperidine rings is 1. The van der Waals surface area contributed by atoms with E-state index in [2.05, 4.69) is 10.6 Å². The van der Waals surface area contributed by atoms with Gasteiger partial charge in [0.1, 0.15) is 0 Å². The zero-order chi connectivity index (χ0) is 19.3. The summed E-state index contributed by atoms with van der Waals surface area (Å²) in [6, 6.07) is 6.34. The van der Waals surface area contributed by atoms with Crippen LogP contribution in [0.15, 0.2) is 24.3 Å². The molecular formula is C19H27N3O4. The van der Waals surface area contributed by atoms with Gasteiger partial charge in [0.2, 0.25) is 0 Å². The van der Waals surface area contributed by atoms with Gasteiger partial charge < -0.3 is 20.6 Å². The average Bonchev–Trinajstić information content (AvgIpc) is 2.62. The second-order valence-electron chi connectivity index (χ2n) is 7.32. The maximum Gasteiger partial charge on any atom is 0.321 e. The molecule has 1 aromatic rings. The number of carboxylic acid groups (broad SMARTS) is 1. The number of urea groups is 1. The molecule has 0 aliphatic carbocycles. The number of hydrogen-bond acceptors (Lipinski definition) is 3. The number of aliphatic carboxylic acids is 1. The molecule has 0 bridgehead atoms. The maximum absolute atomic E-state index is 12.3. The molecule has 2 rings (SSSR count). The van der Waals surface area contributed by atoms with Gasteiger partial charge >= 0.3 is 12.0 Å². The molecule has 7 heteroatoms.